The molecule has 1 unspecified atom stereocenters. The molecule has 0 aliphatic carbocycles. The molecule has 2 amide bonds. The molecular weight excluding hydrogens is 601 g/mol. The Morgan fingerprint density at radius 2 is 1.76 bits per heavy atom. The molecule has 0 aliphatic heterocycles. The Balaban J connectivity index is 1.83. The Morgan fingerprint density at radius 3 is 2.31 bits per heavy atom. The standard InChI is InChI=1S/C25H27F3N6O6S2/c1-14(2)21(22(37)25(26,27)28)32-20(36)13-34-23(19-5-4-10-41-19)29-12-18(24(34)38)33-42(39,40)30-11-16-6-8-17(9-7-16)31-15(3)35/h4-10,12,14,21,30,33H,11,13H2,1-3H3,(H,31,35)(H,32,36). The number of hydrogen-bond acceptors (Lipinski definition) is 8. The van der Waals surface area contributed by atoms with Gasteiger partial charge in [-0.2, -0.15) is 26.3 Å². The number of Topliss-reactive ketones (excluding diaryl/α,β-unsaturated/α-hetero) is 1. The third-order valence-electron chi connectivity index (χ3n) is 5.62. The second kappa shape index (κ2) is 13.3. The van der Waals surface area contributed by atoms with Crippen LogP contribution in [0, 0.1) is 5.92 Å². The van der Waals surface area contributed by atoms with Crippen molar-refractivity contribution in [2.75, 3.05) is 10.0 Å². The van der Waals surface area contributed by atoms with Crippen molar-refractivity contribution in [2.24, 2.45) is 5.92 Å². The highest BCUT2D eigenvalue weighted by Crippen LogP contribution is 2.23. The summed E-state index contributed by atoms with van der Waals surface area (Å²) in [4.78, 5) is 53.6. The van der Waals surface area contributed by atoms with E-state index in [9.17, 15) is 40.8 Å². The van der Waals surface area contributed by atoms with E-state index in [1.165, 1.54) is 20.8 Å². The van der Waals surface area contributed by atoms with Crippen molar-refractivity contribution in [3.63, 3.8) is 0 Å². The molecule has 0 radical (unpaired) electrons. The third-order valence-corrected chi connectivity index (χ3v) is 7.50. The van der Waals surface area contributed by atoms with Gasteiger partial charge in [-0.3, -0.25) is 28.5 Å². The lowest BCUT2D eigenvalue weighted by molar-refractivity contribution is -0.174. The molecule has 3 rings (SSSR count). The molecule has 0 bridgehead atoms. The van der Waals surface area contributed by atoms with E-state index in [4.69, 9.17) is 0 Å². The minimum atomic E-state index is -5.19. The maximum atomic E-state index is 13.3. The Bertz CT molecular complexity index is 1600. The van der Waals surface area contributed by atoms with Gasteiger partial charge >= 0.3 is 6.18 Å². The van der Waals surface area contributed by atoms with Gasteiger partial charge in [0.05, 0.1) is 17.1 Å². The van der Waals surface area contributed by atoms with E-state index in [0.717, 1.165) is 22.1 Å². The van der Waals surface area contributed by atoms with E-state index < -0.39 is 57.8 Å². The first-order valence-corrected chi connectivity index (χ1v) is 14.6. The summed E-state index contributed by atoms with van der Waals surface area (Å²) in [6, 6.07) is 7.60. The van der Waals surface area contributed by atoms with Crippen LogP contribution in [0.3, 0.4) is 0 Å². The van der Waals surface area contributed by atoms with Crippen LogP contribution in [0.5, 0.6) is 0 Å². The molecule has 0 spiro atoms. The van der Waals surface area contributed by atoms with Crippen LogP contribution in [0.15, 0.2) is 52.8 Å². The van der Waals surface area contributed by atoms with Crippen molar-refractivity contribution in [3.8, 4) is 10.7 Å². The van der Waals surface area contributed by atoms with Gasteiger partial charge in [-0.25, -0.2) is 4.98 Å². The van der Waals surface area contributed by atoms with E-state index in [1.54, 1.807) is 41.8 Å². The number of carbonyl (C=O) groups is 3. The fourth-order valence-electron chi connectivity index (χ4n) is 3.65. The number of hydrogen-bond donors (Lipinski definition) is 4. The molecule has 1 atom stereocenters. The predicted octanol–water partition coefficient (Wildman–Crippen LogP) is 2.65. The lowest BCUT2D eigenvalue weighted by Crippen LogP contribution is -2.51. The summed E-state index contributed by atoms with van der Waals surface area (Å²) in [5.74, 6) is -4.46. The topological polar surface area (TPSA) is 168 Å². The van der Waals surface area contributed by atoms with Gasteiger partial charge in [-0.15, -0.1) is 11.3 Å². The minimum absolute atomic E-state index is 0.0384. The van der Waals surface area contributed by atoms with Gasteiger partial charge in [-0.1, -0.05) is 32.0 Å². The number of nitrogens with zero attached hydrogens (tertiary/aromatic N) is 2. The van der Waals surface area contributed by atoms with Crippen molar-refractivity contribution in [3.05, 3.63) is 63.9 Å². The summed E-state index contributed by atoms with van der Waals surface area (Å²) in [6.07, 6.45) is -4.24. The maximum absolute atomic E-state index is 13.3. The fourth-order valence-corrected chi connectivity index (χ4v) is 5.24. The van der Waals surface area contributed by atoms with Crippen molar-refractivity contribution in [1.29, 1.82) is 0 Å². The zero-order valence-electron chi connectivity index (χ0n) is 22.5. The number of benzene rings is 1. The molecule has 0 saturated heterocycles. The third kappa shape index (κ3) is 8.70. The van der Waals surface area contributed by atoms with Crippen LogP contribution in [0.25, 0.3) is 10.7 Å². The number of amides is 2. The molecule has 3 aromatic rings. The number of nitrogens with one attached hydrogen (secondary N) is 4. The molecule has 2 heterocycles. The number of rotatable bonds is 12. The first-order valence-electron chi connectivity index (χ1n) is 12.3. The molecular formula is C25H27F3N6O6S2. The average Bonchev–Trinajstić information content (AvgIpc) is 3.42. The van der Waals surface area contributed by atoms with Crippen molar-refractivity contribution < 1.29 is 36.0 Å². The van der Waals surface area contributed by atoms with Gasteiger partial charge in [0.1, 0.15) is 12.2 Å². The smallest absolute Gasteiger partial charge is 0.344 e. The highest BCUT2D eigenvalue weighted by Gasteiger charge is 2.45. The Labute approximate surface area is 242 Å². The van der Waals surface area contributed by atoms with Crippen molar-refractivity contribution in [1.82, 2.24) is 19.6 Å². The highest BCUT2D eigenvalue weighted by molar-refractivity contribution is 7.90. The summed E-state index contributed by atoms with van der Waals surface area (Å²) < 4.78 is 69.6. The normalized spacial score (nSPS) is 12.5. The number of carbonyl (C=O) groups excluding carboxylic acids is 3. The van der Waals surface area contributed by atoms with Crippen LogP contribution >= 0.6 is 11.3 Å². The molecule has 4 N–H and O–H groups in total. The van der Waals surface area contributed by atoms with Gasteiger partial charge in [0, 0.05) is 19.2 Å². The van der Waals surface area contributed by atoms with Crippen LogP contribution in [0.2, 0.25) is 0 Å². The van der Waals surface area contributed by atoms with Crippen LogP contribution in [0.4, 0.5) is 24.5 Å². The van der Waals surface area contributed by atoms with Gasteiger partial charge in [0.25, 0.3) is 21.6 Å². The molecule has 0 aliphatic rings. The zero-order valence-corrected chi connectivity index (χ0v) is 24.1. The molecule has 12 nitrogen and oxygen atoms in total. The Kier molecular flexibility index (Phi) is 10.2. The van der Waals surface area contributed by atoms with Gasteiger partial charge in [-0.05, 0) is 35.1 Å². The van der Waals surface area contributed by atoms with Crippen LogP contribution in [0.1, 0.15) is 26.3 Å². The second-order valence-electron chi connectivity index (χ2n) is 9.32. The average molecular weight is 629 g/mol. The minimum Gasteiger partial charge on any atom is -0.344 e. The van der Waals surface area contributed by atoms with Gasteiger partial charge in [0.2, 0.25) is 11.8 Å². The molecule has 226 valence electrons. The zero-order chi connectivity index (χ0) is 31.2. The largest absolute Gasteiger partial charge is 0.452 e. The number of aromatic nitrogens is 2. The number of alkyl halides is 3. The van der Waals surface area contributed by atoms with E-state index in [2.05, 4.69) is 19.7 Å². The maximum Gasteiger partial charge on any atom is 0.452 e. The van der Waals surface area contributed by atoms with Gasteiger partial charge in [0.15, 0.2) is 5.82 Å². The summed E-state index contributed by atoms with van der Waals surface area (Å²) in [7, 11) is -4.34. The molecule has 42 heavy (non-hydrogen) atoms. The van der Waals surface area contributed by atoms with Crippen LogP contribution in [-0.2, 0) is 37.7 Å². The Morgan fingerprint density at radius 1 is 1.10 bits per heavy atom. The first-order chi connectivity index (χ1) is 19.6. The fraction of sp³-hybridized carbons (Fsp3) is 0.320. The summed E-state index contributed by atoms with van der Waals surface area (Å²) in [5, 5.41) is 6.26. The highest BCUT2D eigenvalue weighted by atomic mass is 32.2. The number of halogens is 3. The number of anilines is 2. The summed E-state index contributed by atoms with van der Waals surface area (Å²) >= 11 is 1.15. The van der Waals surface area contributed by atoms with Gasteiger partial charge < -0.3 is 10.6 Å². The quantitative estimate of drug-likeness (QED) is 0.239. The van der Waals surface area contributed by atoms with E-state index in [1.807, 2.05) is 5.32 Å². The van der Waals surface area contributed by atoms with Crippen molar-refractivity contribution >= 4 is 50.5 Å². The predicted molar refractivity (Wildman–Crippen MR) is 150 cm³/mol. The summed E-state index contributed by atoms with van der Waals surface area (Å²) in [5.41, 5.74) is -0.501. The Hall–Kier alpha value is -4.09. The van der Waals surface area contributed by atoms with Crippen molar-refractivity contribution in [2.45, 2.75) is 46.1 Å². The van der Waals surface area contributed by atoms with Crippen LogP contribution in [-0.4, -0.2) is 47.8 Å². The summed E-state index contributed by atoms with van der Waals surface area (Å²) in [6.45, 7) is 2.94. The van der Waals surface area contributed by atoms with Crippen LogP contribution < -0.4 is 25.6 Å². The molecule has 0 fully saturated rings. The SMILES string of the molecule is CC(=O)Nc1ccc(CNS(=O)(=O)Nc2cnc(-c3cccs3)n(CC(=O)NC(C(=O)C(F)(F)F)C(C)C)c2=O)cc1. The lowest BCUT2D eigenvalue weighted by atomic mass is 9.99. The van der Waals surface area contributed by atoms with E-state index in [0.29, 0.717) is 16.1 Å². The molecule has 2 aromatic heterocycles. The number of ketones is 1. The molecule has 17 heteroatoms. The lowest BCUT2D eigenvalue weighted by Gasteiger charge is -2.22. The molecule has 0 saturated carbocycles. The monoisotopic (exact) mass is 628 g/mol. The number of thiophene rings is 1. The van der Waals surface area contributed by atoms with E-state index >= 15 is 0 Å². The van der Waals surface area contributed by atoms with E-state index in [-0.39, 0.29) is 18.3 Å². The molecule has 1 aromatic carbocycles. The second-order valence-corrected chi connectivity index (χ2v) is 11.8. The first kappa shape index (κ1) is 32.4.